The molecule has 2 rings (SSSR count). The smallest absolute Gasteiger partial charge is 0.286 e. The lowest BCUT2D eigenvalue weighted by Gasteiger charge is -2.12. The van der Waals surface area contributed by atoms with E-state index in [9.17, 15) is 4.79 Å². The quantitative estimate of drug-likeness (QED) is 0.863. The Morgan fingerprint density at radius 1 is 1.26 bits per heavy atom. The number of amides is 1. The number of rotatable bonds is 4. The summed E-state index contributed by atoms with van der Waals surface area (Å²) in [5, 5.41) is 2.99. The van der Waals surface area contributed by atoms with E-state index in [0.29, 0.717) is 6.54 Å². The second-order valence-electron chi connectivity index (χ2n) is 4.39. The largest absolute Gasteiger partial charge is 0.344 e. The normalized spacial score (nSPS) is 11.9. The van der Waals surface area contributed by atoms with Crippen LogP contribution >= 0.6 is 15.9 Å². The fourth-order valence-electron chi connectivity index (χ4n) is 1.87. The minimum atomic E-state index is -0.000506. The minimum Gasteiger partial charge on any atom is -0.344 e. The molecule has 0 aliphatic carbocycles. The minimum absolute atomic E-state index is 0.000506. The van der Waals surface area contributed by atoms with Crippen molar-refractivity contribution in [1.29, 1.82) is 0 Å². The van der Waals surface area contributed by atoms with Crippen molar-refractivity contribution in [3.05, 3.63) is 64.9 Å². The molecule has 0 fully saturated rings. The zero-order valence-corrected chi connectivity index (χ0v) is 12.3. The number of nitrogens with zero attached hydrogens (tertiary/aromatic N) is 1. The van der Waals surface area contributed by atoms with Gasteiger partial charge in [-0.05, 0) is 34.5 Å². The lowest BCUT2D eigenvalue weighted by atomic mass is 10.1. The monoisotopic (exact) mass is 319 g/mol. The van der Waals surface area contributed by atoms with Crippen molar-refractivity contribution in [3.63, 3.8) is 0 Å². The number of halogens is 1. The summed E-state index contributed by atoms with van der Waals surface area (Å²) < 4.78 is 2.80. The maximum Gasteiger partial charge on any atom is 0.286 e. The number of carbonyl (C=O) groups is 1. The average Bonchev–Trinajstić information content (AvgIpc) is 2.39. The van der Waals surface area contributed by atoms with Gasteiger partial charge in [0.25, 0.3) is 5.91 Å². The predicted octanol–water partition coefficient (Wildman–Crippen LogP) is 2.61. The highest BCUT2D eigenvalue weighted by atomic mass is 79.9. The van der Waals surface area contributed by atoms with Crippen LogP contribution in [0.3, 0.4) is 0 Å². The number of aromatic nitrogens is 1. The number of hydrogen-bond donors (Lipinski definition) is 1. The fourth-order valence-corrected chi connectivity index (χ4v) is 2.28. The number of hydrogen-bond acceptors (Lipinski definition) is 1. The molecule has 0 bridgehead atoms. The molecular formula is C15H16BrN2O+. The van der Waals surface area contributed by atoms with Crippen LogP contribution < -0.4 is 9.88 Å². The van der Waals surface area contributed by atoms with Crippen LogP contribution in [0.15, 0.2) is 59.3 Å². The second kappa shape index (κ2) is 6.48. The van der Waals surface area contributed by atoms with E-state index >= 15 is 0 Å². The summed E-state index contributed by atoms with van der Waals surface area (Å²) in [7, 11) is 0. The summed E-state index contributed by atoms with van der Waals surface area (Å²) in [6.07, 6.45) is 3.75. The standard InChI is InChI=1S/C15H15BrN2O/c1-12(13-6-3-2-4-7-13)17-15(19)11-18-9-5-8-14(16)10-18/h2-10,12H,11H2,1H3/p+1/t12-/m0/s1. The molecule has 0 aliphatic heterocycles. The van der Waals surface area contributed by atoms with E-state index in [2.05, 4.69) is 21.2 Å². The van der Waals surface area contributed by atoms with Crippen molar-refractivity contribution in [2.75, 3.05) is 0 Å². The van der Waals surface area contributed by atoms with Gasteiger partial charge in [0.2, 0.25) is 6.54 Å². The molecule has 3 nitrogen and oxygen atoms in total. The Morgan fingerprint density at radius 2 is 2.00 bits per heavy atom. The van der Waals surface area contributed by atoms with E-state index in [1.165, 1.54) is 0 Å². The zero-order valence-electron chi connectivity index (χ0n) is 10.7. The van der Waals surface area contributed by atoms with Crippen molar-refractivity contribution in [2.45, 2.75) is 19.5 Å². The molecule has 0 unspecified atom stereocenters. The zero-order chi connectivity index (χ0) is 13.7. The van der Waals surface area contributed by atoms with Gasteiger partial charge in [-0.1, -0.05) is 30.3 Å². The van der Waals surface area contributed by atoms with Crippen LogP contribution in [-0.2, 0) is 11.3 Å². The van der Waals surface area contributed by atoms with Crippen LogP contribution in [-0.4, -0.2) is 5.91 Å². The summed E-state index contributed by atoms with van der Waals surface area (Å²) in [4.78, 5) is 12.0. The summed E-state index contributed by atoms with van der Waals surface area (Å²) in [5.41, 5.74) is 1.11. The van der Waals surface area contributed by atoms with Crippen LogP contribution in [0.2, 0.25) is 0 Å². The highest BCUT2D eigenvalue weighted by molar-refractivity contribution is 9.10. The Bertz CT molecular complexity index is 557. The first-order valence-electron chi connectivity index (χ1n) is 6.14. The van der Waals surface area contributed by atoms with Gasteiger partial charge in [-0.2, -0.15) is 4.57 Å². The third kappa shape index (κ3) is 4.17. The Kier molecular flexibility index (Phi) is 4.68. The van der Waals surface area contributed by atoms with Gasteiger partial charge in [0.1, 0.15) is 0 Å². The summed E-state index contributed by atoms with van der Waals surface area (Å²) in [5.74, 6) is -0.000506. The van der Waals surface area contributed by atoms with Crippen LogP contribution in [0.4, 0.5) is 0 Å². The molecule has 0 spiro atoms. The van der Waals surface area contributed by atoms with Gasteiger partial charge < -0.3 is 5.32 Å². The fraction of sp³-hybridized carbons (Fsp3) is 0.200. The lowest BCUT2D eigenvalue weighted by molar-refractivity contribution is -0.685. The topological polar surface area (TPSA) is 33.0 Å². The van der Waals surface area contributed by atoms with Gasteiger partial charge in [-0.25, -0.2) is 0 Å². The van der Waals surface area contributed by atoms with E-state index in [1.807, 2.05) is 66.3 Å². The van der Waals surface area contributed by atoms with Gasteiger partial charge >= 0.3 is 0 Å². The molecule has 0 aliphatic rings. The van der Waals surface area contributed by atoms with Gasteiger partial charge in [0.15, 0.2) is 12.4 Å². The molecule has 1 aromatic carbocycles. The van der Waals surface area contributed by atoms with Crippen molar-refractivity contribution < 1.29 is 9.36 Å². The molecule has 4 heteroatoms. The molecule has 0 radical (unpaired) electrons. The highest BCUT2D eigenvalue weighted by Gasteiger charge is 2.13. The Hall–Kier alpha value is -1.68. The lowest BCUT2D eigenvalue weighted by Crippen LogP contribution is -2.43. The van der Waals surface area contributed by atoms with Crippen molar-refractivity contribution in [3.8, 4) is 0 Å². The number of pyridine rings is 1. The molecule has 98 valence electrons. The van der Waals surface area contributed by atoms with E-state index in [4.69, 9.17) is 0 Å². The number of nitrogens with one attached hydrogen (secondary N) is 1. The Balaban J connectivity index is 1.95. The van der Waals surface area contributed by atoms with Gasteiger partial charge in [0.05, 0.1) is 10.5 Å². The van der Waals surface area contributed by atoms with Crippen molar-refractivity contribution in [1.82, 2.24) is 5.32 Å². The molecule has 1 amide bonds. The molecule has 19 heavy (non-hydrogen) atoms. The SMILES string of the molecule is C[C@H](NC(=O)C[n+]1cccc(Br)c1)c1ccccc1. The van der Waals surface area contributed by atoms with Gasteiger partial charge in [-0.15, -0.1) is 0 Å². The summed E-state index contributed by atoms with van der Waals surface area (Å²) >= 11 is 3.39. The first-order valence-corrected chi connectivity index (χ1v) is 6.93. The van der Waals surface area contributed by atoms with Crippen molar-refractivity contribution in [2.24, 2.45) is 0 Å². The van der Waals surface area contributed by atoms with Crippen LogP contribution in [0.25, 0.3) is 0 Å². The maximum absolute atomic E-state index is 12.0. The molecule has 1 heterocycles. The molecule has 2 aromatic rings. The second-order valence-corrected chi connectivity index (χ2v) is 5.31. The van der Waals surface area contributed by atoms with Crippen LogP contribution in [0, 0.1) is 0 Å². The molecule has 0 saturated heterocycles. The Morgan fingerprint density at radius 3 is 2.68 bits per heavy atom. The van der Waals surface area contributed by atoms with E-state index < -0.39 is 0 Å². The van der Waals surface area contributed by atoms with Crippen LogP contribution in [0.1, 0.15) is 18.5 Å². The van der Waals surface area contributed by atoms with Crippen molar-refractivity contribution >= 4 is 21.8 Å². The molecular weight excluding hydrogens is 304 g/mol. The highest BCUT2D eigenvalue weighted by Crippen LogP contribution is 2.10. The Labute approximate surface area is 121 Å². The summed E-state index contributed by atoms with van der Waals surface area (Å²) in [6.45, 7) is 2.30. The molecule has 1 N–H and O–H groups in total. The average molecular weight is 320 g/mol. The maximum atomic E-state index is 12.0. The number of carbonyl (C=O) groups excluding carboxylic acids is 1. The number of benzene rings is 1. The summed E-state index contributed by atoms with van der Waals surface area (Å²) in [6, 6.07) is 13.8. The third-order valence-electron chi connectivity index (χ3n) is 2.83. The van der Waals surface area contributed by atoms with Gasteiger partial charge in [0, 0.05) is 6.07 Å². The predicted molar refractivity (Wildman–Crippen MR) is 77.3 cm³/mol. The first kappa shape index (κ1) is 13.7. The van der Waals surface area contributed by atoms with E-state index in [1.54, 1.807) is 0 Å². The molecule has 1 atom stereocenters. The molecule has 0 saturated carbocycles. The van der Waals surface area contributed by atoms with Crippen LogP contribution in [0.5, 0.6) is 0 Å². The molecule has 1 aromatic heterocycles. The third-order valence-corrected chi connectivity index (χ3v) is 3.29. The van der Waals surface area contributed by atoms with E-state index in [0.717, 1.165) is 10.0 Å². The first-order chi connectivity index (χ1) is 9.15. The van der Waals surface area contributed by atoms with Gasteiger partial charge in [-0.3, -0.25) is 4.79 Å². The van der Waals surface area contributed by atoms with E-state index in [-0.39, 0.29) is 11.9 Å².